The molecule has 0 aliphatic rings. The van der Waals surface area contributed by atoms with E-state index in [1.54, 1.807) is 6.92 Å². The van der Waals surface area contributed by atoms with Gasteiger partial charge in [0.2, 0.25) is 5.69 Å². The molecule has 0 amide bonds. The second-order valence-corrected chi connectivity index (χ2v) is 15.3. The van der Waals surface area contributed by atoms with Crippen LogP contribution in [-0.2, 0) is 40.5 Å². The van der Waals surface area contributed by atoms with Crippen LogP contribution in [0.4, 0.5) is 22.7 Å². The molecule has 0 saturated carbocycles. The number of hydrogen-bond donors (Lipinski definition) is 0. The number of rotatable bonds is 11. The van der Waals surface area contributed by atoms with E-state index in [1.807, 2.05) is 0 Å². The van der Waals surface area contributed by atoms with Crippen molar-refractivity contribution >= 4 is 81.5 Å². The van der Waals surface area contributed by atoms with Gasteiger partial charge in [0.25, 0.3) is 0 Å². The summed E-state index contributed by atoms with van der Waals surface area (Å²) in [4.78, 5) is -3.19. The molecule has 17 nitrogen and oxygen atoms in total. The molecule has 0 radical (unpaired) electrons. The maximum absolute atomic E-state index is 12.6. The fraction of sp³-hybridized carbons (Fsp3) is 0.0345. The van der Waals surface area contributed by atoms with Gasteiger partial charge in [-0.15, -0.1) is 0 Å². The van der Waals surface area contributed by atoms with Gasteiger partial charge >= 0.3 is 118 Å². The zero-order chi connectivity index (χ0) is 37.1. The van der Waals surface area contributed by atoms with E-state index in [0.717, 1.165) is 60.7 Å². The molecular formula is C29H20N4Na4O13S4. The van der Waals surface area contributed by atoms with E-state index in [0.29, 0.717) is 6.07 Å². The molecule has 0 saturated heterocycles. The first-order valence-electron chi connectivity index (χ1n) is 13.4. The maximum Gasteiger partial charge on any atom is 1.00 e. The first kappa shape index (κ1) is 53.0. The number of benzene rings is 4. The van der Waals surface area contributed by atoms with Crippen molar-refractivity contribution in [1.82, 2.24) is 0 Å². The maximum atomic E-state index is 12.6. The first-order chi connectivity index (χ1) is 23.2. The molecule has 0 spiro atoms. The normalized spacial score (nSPS) is 12.5. The molecule has 0 atom stereocenters. The van der Waals surface area contributed by atoms with Gasteiger partial charge in [0, 0.05) is 17.2 Å². The average Bonchev–Trinajstić information content (AvgIpc) is 3.02. The molecule has 0 fully saturated rings. The predicted octanol–water partition coefficient (Wildman–Crippen LogP) is -7.14. The van der Waals surface area contributed by atoms with Gasteiger partial charge in [-0.2, -0.15) is 10.2 Å². The summed E-state index contributed by atoms with van der Waals surface area (Å²) in [6, 6.07) is 13.5. The van der Waals surface area contributed by atoms with Gasteiger partial charge in [-0.1, -0.05) is 47.4 Å². The van der Waals surface area contributed by atoms with Crippen LogP contribution < -0.4 is 118 Å². The number of allylic oxidation sites excluding steroid dienone is 1. The molecule has 262 valence electrons. The van der Waals surface area contributed by atoms with Crippen molar-refractivity contribution < 1.29 is 175 Å². The van der Waals surface area contributed by atoms with E-state index in [-0.39, 0.29) is 157 Å². The molecule has 0 bridgehead atoms. The van der Waals surface area contributed by atoms with E-state index in [1.165, 1.54) is 36.4 Å². The van der Waals surface area contributed by atoms with Gasteiger partial charge in [0.15, 0.2) is 0 Å². The quantitative estimate of drug-likeness (QED) is 0.0339. The first-order valence-corrected chi connectivity index (χ1v) is 19.1. The monoisotopic (exact) mass is 852 g/mol. The number of nitrogens with zero attached hydrogens (tertiary/aromatic N) is 4. The molecule has 0 aromatic heterocycles. The summed E-state index contributed by atoms with van der Waals surface area (Å²) in [5.74, 6) is 0. The van der Waals surface area contributed by atoms with Crippen LogP contribution in [0, 0.1) is 5.21 Å². The minimum absolute atomic E-state index is 0. The largest absolute Gasteiger partial charge is 1.00 e. The Morgan fingerprint density at radius 2 is 0.944 bits per heavy atom. The number of azo groups is 2. The van der Waals surface area contributed by atoms with Crippen molar-refractivity contribution in [3.63, 3.8) is 0 Å². The molecule has 25 heteroatoms. The van der Waals surface area contributed by atoms with Gasteiger partial charge in [-0.25, -0.2) is 33.7 Å². The second-order valence-electron chi connectivity index (χ2n) is 9.89. The van der Waals surface area contributed by atoms with Crippen LogP contribution in [0.5, 0.6) is 0 Å². The van der Waals surface area contributed by atoms with Crippen LogP contribution in [0.25, 0.3) is 18.2 Å². The molecule has 4 aromatic rings. The molecular weight excluding hydrogens is 833 g/mol. The Labute approximate surface area is 399 Å². The molecule has 4 aromatic carbocycles. The van der Waals surface area contributed by atoms with Crippen LogP contribution in [0.2, 0.25) is 0 Å². The van der Waals surface area contributed by atoms with Crippen LogP contribution in [0.3, 0.4) is 0 Å². The molecule has 0 aliphatic carbocycles. The summed E-state index contributed by atoms with van der Waals surface area (Å²) in [7, 11) is -20.3. The molecule has 0 unspecified atom stereocenters. The zero-order valence-corrected chi connectivity index (χ0v) is 40.3. The van der Waals surface area contributed by atoms with Crippen molar-refractivity contribution in [2.24, 2.45) is 15.3 Å². The van der Waals surface area contributed by atoms with E-state index in [4.69, 9.17) is 0 Å². The summed E-state index contributed by atoms with van der Waals surface area (Å²) in [6.45, 7) is 1.61. The second kappa shape index (κ2) is 21.7. The summed E-state index contributed by atoms with van der Waals surface area (Å²) in [5, 5.41) is 23.8. The van der Waals surface area contributed by atoms with Gasteiger partial charge in [-0.3, -0.25) is 0 Å². The van der Waals surface area contributed by atoms with Crippen molar-refractivity contribution in [3.05, 3.63) is 107 Å². The molecule has 0 heterocycles. The zero-order valence-electron chi connectivity index (χ0n) is 29.0. The van der Waals surface area contributed by atoms with Crippen molar-refractivity contribution in [2.75, 3.05) is 0 Å². The summed E-state index contributed by atoms with van der Waals surface area (Å²) >= 11 is 0. The van der Waals surface area contributed by atoms with E-state index >= 15 is 0 Å². The third-order valence-corrected chi connectivity index (χ3v) is 9.91. The summed E-state index contributed by atoms with van der Waals surface area (Å²) in [5.41, 5.74) is -1.58. The third kappa shape index (κ3) is 14.7. The van der Waals surface area contributed by atoms with Crippen molar-refractivity contribution in [2.45, 2.75) is 26.5 Å². The Hall–Kier alpha value is -1.00. The van der Waals surface area contributed by atoms with E-state index in [2.05, 4.69) is 15.3 Å². The summed E-state index contributed by atoms with van der Waals surface area (Å²) in [6.07, 6.45) is 4.87. The Morgan fingerprint density at radius 1 is 0.519 bits per heavy atom. The minimum Gasteiger partial charge on any atom is -0.744 e. The molecule has 0 N–H and O–H groups in total. The van der Waals surface area contributed by atoms with Gasteiger partial charge in [0.05, 0.1) is 31.0 Å². The predicted molar refractivity (Wildman–Crippen MR) is 171 cm³/mol. The van der Waals surface area contributed by atoms with Gasteiger partial charge in [-0.05, 0) is 72.1 Å². The van der Waals surface area contributed by atoms with Crippen LogP contribution in [0.1, 0.15) is 23.6 Å². The van der Waals surface area contributed by atoms with Crippen LogP contribution >= 0.6 is 0 Å². The van der Waals surface area contributed by atoms with E-state index in [9.17, 15) is 57.1 Å². The van der Waals surface area contributed by atoms with E-state index < -0.39 is 65.7 Å². The average molecular weight is 853 g/mol. The Bertz CT molecular complexity index is 2590. The fourth-order valence-corrected chi connectivity index (χ4v) is 6.79. The minimum atomic E-state index is -5.29. The van der Waals surface area contributed by atoms with Crippen molar-refractivity contribution in [3.8, 4) is 0 Å². The molecule has 54 heavy (non-hydrogen) atoms. The Morgan fingerprint density at radius 3 is 1.37 bits per heavy atom. The SMILES string of the molecule is C/C=C/c1ccc(N=Nc2ccc(/C=C\c3ccc([N+]([O-])=Nc4cccc(S(=O)(=O)[O-])c4)cc3S(=O)(=O)[O-])c(S(=O)(=O)[O-])c2)cc1S(=O)(=O)[O-].[Na+].[Na+].[Na+].[Na+]. The smallest absolute Gasteiger partial charge is 0.744 e. The Balaban J connectivity index is 0.00000702. The third-order valence-electron chi connectivity index (χ3n) is 6.40. The topological polar surface area (TPSA) is 292 Å². The molecule has 4 rings (SSSR count). The molecule has 0 aliphatic heterocycles. The van der Waals surface area contributed by atoms with Crippen molar-refractivity contribution in [1.29, 1.82) is 0 Å². The fourth-order valence-electron chi connectivity index (χ4n) is 4.21. The standard InChI is InChI=1S/C29H24N4O13S4.4Na/c1-2-4-19-9-12-22(16-27(19)48(38,39)40)30-31-23-13-10-20(28(17-23)49(41,42)43)7-8-21-11-14-25(18-29(21)50(44,45)46)33(34)32-24-5-3-6-26(15-24)47(35,36)37;;;;/h2-18H,1H3,(H,35,36,37)(H,38,39,40)(H,41,42,43)(H,44,45,46);;;;/q;4*+1/p-4/b4-2+,8-7-,31-30?,33-32?;;;;. The Kier molecular flexibility index (Phi) is 21.3. The summed E-state index contributed by atoms with van der Waals surface area (Å²) < 4.78 is 141. The van der Waals surface area contributed by atoms with Crippen LogP contribution in [0.15, 0.2) is 120 Å². The van der Waals surface area contributed by atoms with Gasteiger partial charge < -0.3 is 23.4 Å². The van der Waals surface area contributed by atoms with Crippen LogP contribution in [-0.4, -0.2) is 56.7 Å². The number of hydrogen-bond acceptors (Lipinski definition) is 16. The van der Waals surface area contributed by atoms with Gasteiger partial charge in [0.1, 0.15) is 46.2 Å².